The molecule has 2 aromatic heterocycles. The molecule has 0 aliphatic carbocycles. The molecular weight excluding hydrogens is 428 g/mol. The van der Waals surface area contributed by atoms with Gasteiger partial charge in [0, 0.05) is 29.9 Å². The number of amides is 1. The fourth-order valence-corrected chi connectivity index (χ4v) is 2.69. The third-order valence-electron chi connectivity index (χ3n) is 4.24. The highest BCUT2D eigenvalue weighted by Gasteiger charge is 2.14. The largest absolute Gasteiger partial charge is 0.465 e. The highest BCUT2D eigenvalue weighted by molar-refractivity contribution is 6.06. The van der Waals surface area contributed by atoms with E-state index < -0.39 is 30.1 Å². The molecule has 3 aromatic rings. The Labute approximate surface area is 182 Å². The second kappa shape index (κ2) is 10.5. The number of fused-ring (bicyclic) bond motifs is 1. The van der Waals surface area contributed by atoms with Crippen molar-refractivity contribution in [3.05, 3.63) is 64.1 Å². The third-order valence-corrected chi connectivity index (χ3v) is 4.24. The van der Waals surface area contributed by atoms with Crippen LogP contribution < -0.4 is 16.2 Å². The third kappa shape index (κ3) is 5.79. The number of esters is 1. The number of H-pyrrole nitrogens is 1. The number of aliphatic hydroxyl groups excluding tert-OH is 2. The van der Waals surface area contributed by atoms with Crippen LogP contribution in [0.5, 0.6) is 0 Å². The second-order valence-corrected chi connectivity index (χ2v) is 6.41. The Morgan fingerprint density at radius 1 is 1.26 bits per heavy atom. The summed E-state index contributed by atoms with van der Waals surface area (Å²) in [7, 11) is 1.26. The van der Waals surface area contributed by atoms with E-state index >= 15 is 0 Å². The monoisotopic (exact) mass is 448 g/mol. The van der Waals surface area contributed by atoms with Crippen LogP contribution >= 0.6 is 12.4 Å². The lowest BCUT2D eigenvalue weighted by Gasteiger charge is -2.10. The van der Waals surface area contributed by atoms with Gasteiger partial charge in [0.25, 0.3) is 11.5 Å². The molecule has 3 rings (SSSR count). The minimum Gasteiger partial charge on any atom is -0.465 e. The first-order valence-corrected chi connectivity index (χ1v) is 8.97. The number of aromatic amines is 1. The normalized spacial score (nSPS) is 11.3. The Kier molecular flexibility index (Phi) is 8.08. The minimum absolute atomic E-state index is 0. The molecule has 0 aliphatic rings. The zero-order valence-corrected chi connectivity index (χ0v) is 17.2. The van der Waals surface area contributed by atoms with Crippen molar-refractivity contribution >= 4 is 46.7 Å². The van der Waals surface area contributed by atoms with Crippen molar-refractivity contribution in [2.45, 2.75) is 6.10 Å². The van der Waals surface area contributed by atoms with Gasteiger partial charge in [-0.1, -0.05) is 6.07 Å². The standard InChI is InChI=1S/C20H20N4O6.ClH/c1-30-20(29)11-3-2-4-13(5-11)23-18(27)15-6-12-8-21-17(22-9-14(26)10-25)7-16(12)24-19(15)28;/h2-8,14,25-26H,9-10H2,1H3,(H,21,22)(H,23,27)(H,24,28);1H. The molecule has 0 saturated carbocycles. The van der Waals surface area contributed by atoms with Crippen LogP contribution in [0.3, 0.4) is 0 Å². The van der Waals surface area contributed by atoms with Crippen molar-refractivity contribution in [2.75, 3.05) is 30.9 Å². The number of hydrogen-bond acceptors (Lipinski definition) is 8. The Morgan fingerprint density at radius 2 is 2.03 bits per heavy atom. The van der Waals surface area contributed by atoms with Crippen molar-refractivity contribution in [3.63, 3.8) is 0 Å². The van der Waals surface area contributed by atoms with Crippen LogP contribution in [0.4, 0.5) is 11.5 Å². The van der Waals surface area contributed by atoms with Gasteiger partial charge in [-0.3, -0.25) is 9.59 Å². The quantitative estimate of drug-likeness (QED) is 0.337. The van der Waals surface area contributed by atoms with Gasteiger partial charge in [-0.15, -0.1) is 12.4 Å². The molecule has 1 amide bonds. The summed E-state index contributed by atoms with van der Waals surface area (Å²) in [4.78, 5) is 43.4. The van der Waals surface area contributed by atoms with E-state index in [2.05, 4.69) is 25.3 Å². The summed E-state index contributed by atoms with van der Waals surface area (Å²) >= 11 is 0. The van der Waals surface area contributed by atoms with Crippen LogP contribution in [0.1, 0.15) is 20.7 Å². The number of benzene rings is 1. The van der Waals surface area contributed by atoms with E-state index in [4.69, 9.17) is 5.11 Å². The fraction of sp³-hybridized carbons (Fsp3) is 0.200. The number of aliphatic hydroxyl groups is 2. The van der Waals surface area contributed by atoms with E-state index in [0.717, 1.165) is 0 Å². The minimum atomic E-state index is -0.940. The highest BCUT2D eigenvalue weighted by Crippen LogP contribution is 2.16. The molecule has 5 N–H and O–H groups in total. The molecule has 0 saturated heterocycles. The average Bonchev–Trinajstić information content (AvgIpc) is 2.76. The lowest BCUT2D eigenvalue weighted by Crippen LogP contribution is -2.24. The van der Waals surface area contributed by atoms with E-state index in [1.807, 2.05) is 0 Å². The maximum absolute atomic E-state index is 12.6. The average molecular weight is 449 g/mol. The van der Waals surface area contributed by atoms with Crippen LogP contribution in [0, 0.1) is 0 Å². The van der Waals surface area contributed by atoms with Gasteiger partial charge in [0.1, 0.15) is 11.4 Å². The van der Waals surface area contributed by atoms with Crippen LogP contribution in [0.2, 0.25) is 0 Å². The SMILES string of the molecule is COC(=O)c1cccc(NC(=O)c2cc3cnc(NCC(O)CO)cc3[nH]c2=O)c1.Cl. The van der Waals surface area contributed by atoms with Crippen molar-refractivity contribution in [1.82, 2.24) is 9.97 Å². The van der Waals surface area contributed by atoms with Gasteiger partial charge in [-0.25, -0.2) is 9.78 Å². The van der Waals surface area contributed by atoms with Crippen LogP contribution in [0.25, 0.3) is 10.9 Å². The predicted molar refractivity (Wildman–Crippen MR) is 117 cm³/mol. The molecule has 0 spiro atoms. The van der Waals surface area contributed by atoms with Crippen LogP contribution in [0.15, 0.2) is 47.4 Å². The summed E-state index contributed by atoms with van der Waals surface area (Å²) in [5.74, 6) is -0.799. The van der Waals surface area contributed by atoms with Gasteiger partial charge in [0.05, 0.1) is 30.9 Å². The summed E-state index contributed by atoms with van der Waals surface area (Å²) in [6, 6.07) is 9.12. The molecule has 0 aliphatic heterocycles. The molecule has 0 bridgehead atoms. The van der Waals surface area contributed by atoms with Crippen molar-refractivity contribution in [1.29, 1.82) is 0 Å². The summed E-state index contributed by atoms with van der Waals surface area (Å²) in [5, 5.41) is 24.2. The Bertz CT molecular complexity index is 1150. The Balaban J connectivity index is 0.00000341. The Morgan fingerprint density at radius 3 is 2.74 bits per heavy atom. The van der Waals surface area contributed by atoms with E-state index in [1.165, 1.54) is 25.4 Å². The van der Waals surface area contributed by atoms with Gasteiger partial charge < -0.3 is 30.6 Å². The number of pyridine rings is 2. The Hall–Kier alpha value is -3.47. The lowest BCUT2D eigenvalue weighted by atomic mass is 10.1. The van der Waals surface area contributed by atoms with Gasteiger partial charge in [-0.05, 0) is 24.3 Å². The topological polar surface area (TPSA) is 154 Å². The number of carbonyl (C=O) groups excluding carboxylic acids is 2. The number of hydrogen-bond donors (Lipinski definition) is 5. The van der Waals surface area contributed by atoms with Crippen LogP contribution in [-0.4, -0.2) is 58.4 Å². The van der Waals surface area contributed by atoms with Gasteiger partial charge >= 0.3 is 5.97 Å². The van der Waals surface area contributed by atoms with Crippen molar-refractivity contribution in [2.24, 2.45) is 0 Å². The molecule has 11 heteroatoms. The molecule has 10 nitrogen and oxygen atoms in total. The molecule has 164 valence electrons. The van der Waals surface area contributed by atoms with E-state index in [0.29, 0.717) is 22.4 Å². The highest BCUT2D eigenvalue weighted by atomic mass is 35.5. The molecule has 0 fully saturated rings. The first-order valence-electron chi connectivity index (χ1n) is 8.97. The first kappa shape index (κ1) is 23.8. The smallest absolute Gasteiger partial charge is 0.337 e. The van der Waals surface area contributed by atoms with Crippen molar-refractivity contribution in [3.8, 4) is 0 Å². The molecule has 0 radical (unpaired) electrons. The maximum atomic E-state index is 12.6. The van der Waals surface area contributed by atoms with Gasteiger partial charge in [-0.2, -0.15) is 0 Å². The number of nitrogens with one attached hydrogen (secondary N) is 3. The van der Waals surface area contributed by atoms with E-state index in [9.17, 15) is 19.5 Å². The summed E-state index contributed by atoms with van der Waals surface area (Å²) in [5.41, 5.74) is 0.321. The van der Waals surface area contributed by atoms with E-state index in [-0.39, 0.29) is 30.1 Å². The van der Waals surface area contributed by atoms with E-state index in [1.54, 1.807) is 24.3 Å². The zero-order valence-electron chi connectivity index (χ0n) is 16.4. The number of methoxy groups -OCH3 is 1. The number of aromatic nitrogens is 2. The predicted octanol–water partition coefficient (Wildman–Crippen LogP) is 1.15. The van der Waals surface area contributed by atoms with Crippen LogP contribution in [-0.2, 0) is 4.74 Å². The number of carbonyl (C=O) groups is 2. The van der Waals surface area contributed by atoms with Crippen molar-refractivity contribution < 1.29 is 24.5 Å². The molecule has 1 aromatic carbocycles. The second-order valence-electron chi connectivity index (χ2n) is 6.41. The summed E-state index contributed by atoms with van der Waals surface area (Å²) in [6.45, 7) is -0.303. The first-order chi connectivity index (χ1) is 14.4. The molecule has 1 atom stereocenters. The zero-order chi connectivity index (χ0) is 21.7. The number of ether oxygens (including phenoxy) is 1. The summed E-state index contributed by atoms with van der Waals surface area (Å²) in [6.07, 6.45) is 0.526. The van der Waals surface area contributed by atoms with Gasteiger partial charge in [0.2, 0.25) is 0 Å². The molecule has 31 heavy (non-hydrogen) atoms. The number of rotatable bonds is 7. The maximum Gasteiger partial charge on any atom is 0.337 e. The molecule has 2 heterocycles. The number of halogens is 1. The molecule has 1 unspecified atom stereocenters. The molecular formula is C20H21ClN4O6. The number of anilines is 2. The fourth-order valence-electron chi connectivity index (χ4n) is 2.69. The summed E-state index contributed by atoms with van der Waals surface area (Å²) < 4.78 is 4.65. The van der Waals surface area contributed by atoms with Gasteiger partial charge in [0.15, 0.2) is 0 Å². The lowest BCUT2D eigenvalue weighted by molar-refractivity contribution is 0.0600. The number of nitrogens with zero attached hydrogens (tertiary/aromatic N) is 1.